The molecule has 0 bridgehead atoms. The Bertz CT molecular complexity index is 1710. The lowest BCUT2D eigenvalue weighted by Crippen LogP contribution is -2.38. The zero-order chi connectivity index (χ0) is 30.8. The van der Waals surface area contributed by atoms with Crippen molar-refractivity contribution in [1.82, 2.24) is 4.98 Å². The molecule has 2 aliphatic rings. The molecule has 0 radical (unpaired) electrons. The van der Waals surface area contributed by atoms with Gasteiger partial charge in [-0.2, -0.15) is 0 Å². The van der Waals surface area contributed by atoms with E-state index in [1.165, 1.54) is 21.3 Å². The van der Waals surface area contributed by atoms with Crippen LogP contribution in [0, 0.1) is 0 Å². The Kier molecular flexibility index (Phi) is 7.93. The Balaban J connectivity index is 1.53. The summed E-state index contributed by atoms with van der Waals surface area (Å²) in [5, 5.41) is 3.56. The molecule has 9 heteroatoms. The molecule has 9 nitrogen and oxygen atoms in total. The van der Waals surface area contributed by atoms with Crippen molar-refractivity contribution in [2.24, 2.45) is 0 Å². The van der Waals surface area contributed by atoms with Gasteiger partial charge in [-0.3, -0.25) is 19.5 Å². The van der Waals surface area contributed by atoms with E-state index in [4.69, 9.17) is 18.9 Å². The number of methoxy groups -OCH3 is 4. The maximum Gasteiger partial charge on any atom is 0.259 e. The second kappa shape index (κ2) is 12.1. The number of fused-ring (bicyclic) bond motifs is 1. The van der Waals surface area contributed by atoms with Gasteiger partial charge < -0.3 is 24.3 Å². The number of Topliss-reactive ketones (excluding diaryl/α,β-unsaturated/α-hetero) is 1. The maximum atomic E-state index is 14.7. The Morgan fingerprint density at radius 1 is 0.841 bits per heavy atom. The number of anilines is 2. The maximum absolute atomic E-state index is 14.7. The molecule has 0 saturated heterocycles. The summed E-state index contributed by atoms with van der Waals surface area (Å²) in [7, 11) is 6.16. The number of carbonyl (C=O) groups excluding carboxylic acids is 2. The number of para-hydroxylation sites is 2. The predicted octanol–water partition coefficient (Wildman–Crippen LogP) is 6.33. The number of hydrogen-bond acceptors (Lipinski definition) is 8. The lowest BCUT2D eigenvalue weighted by atomic mass is 9.78. The van der Waals surface area contributed by atoms with Gasteiger partial charge in [0.25, 0.3) is 5.91 Å². The van der Waals surface area contributed by atoms with Crippen LogP contribution in [0.25, 0.3) is 0 Å². The standard InChI is InChI=1S/C35H33N3O6/c1-41-25-13-11-21(12-14-25)23-16-27-32(29(39)17-23)33(22-8-7-15-36-20-22)38(28-10-6-5-9-26(28)37-27)35(40)24-18-30(42-2)34(44-4)31(19-24)43-3/h5-15,18-20,23,33,37H,16-17H2,1-4H3. The van der Waals surface area contributed by atoms with Crippen LogP contribution in [0.3, 0.4) is 0 Å². The van der Waals surface area contributed by atoms with Crippen molar-refractivity contribution < 1.29 is 28.5 Å². The van der Waals surface area contributed by atoms with Crippen molar-refractivity contribution in [3.8, 4) is 23.0 Å². The minimum absolute atomic E-state index is 0.0380. The summed E-state index contributed by atoms with van der Waals surface area (Å²) in [4.78, 5) is 35.1. The quantitative estimate of drug-likeness (QED) is 0.266. The van der Waals surface area contributed by atoms with E-state index >= 15 is 0 Å². The van der Waals surface area contributed by atoms with Gasteiger partial charge in [-0.25, -0.2) is 0 Å². The molecule has 1 aromatic heterocycles. The van der Waals surface area contributed by atoms with Gasteiger partial charge in [0.15, 0.2) is 17.3 Å². The van der Waals surface area contributed by atoms with Gasteiger partial charge in [-0.15, -0.1) is 0 Å². The summed E-state index contributed by atoms with van der Waals surface area (Å²) in [6.07, 6.45) is 4.27. The Hall–Kier alpha value is -5.31. The normalized spacial score (nSPS) is 17.5. The van der Waals surface area contributed by atoms with Crippen LogP contribution in [0.1, 0.15) is 46.3 Å². The van der Waals surface area contributed by atoms with Crippen LogP contribution < -0.4 is 29.2 Å². The second-order valence-corrected chi connectivity index (χ2v) is 10.6. The Morgan fingerprint density at radius 2 is 1.57 bits per heavy atom. The number of nitrogens with one attached hydrogen (secondary N) is 1. The number of carbonyl (C=O) groups is 2. The number of ether oxygens (including phenoxy) is 4. The van der Waals surface area contributed by atoms with Crippen molar-refractivity contribution >= 4 is 23.1 Å². The fraction of sp³-hybridized carbons (Fsp3) is 0.229. The minimum Gasteiger partial charge on any atom is -0.497 e. The van der Waals surface area contributed by atoms with Gasteiger partial charge in [-0.1, -0.05) is 30.3 Å². The first-order valence-corrected chi connectivity index (χ1v) is 14.3. The van der Waals surface area contributed by atoms with Gasteiger partial charge >= 0.3 is 0 Å². The number of hydrogen-bond donors (Lipinski definition) is 1. The van der Waals surface area contributed by atoms with E-state index in [9.17, 15) is 9.59 Å². The highest BCUT2D eigenvalue weighted by molar-refractivity contribution is 6.12. The van der Waals surface area contributed by atoms with Crippen molar-refractivity contribution in [2.45, 2.75) is 24.8 Å². The number of allylic oxidation sites excluding steroid dienone is 1. The summed E-state index contributed by atoms with van der Waals surface area (Å²) in [5.74, 6) is 1.42. The summed E-state index contributed by atoms with van der Waals surface area (Å²) < 4.78 is 22.0. The van der Waals surface area contributed by atoms with E-state index in [0.29, 0.717) is 46.9 Å². The molecule has 0 saturated carbocycles. The molecular formula is C35H33N3O6. The molecule has 2 unspecified atom stereocenters. The number of nitrogens with zero attached hydrogens (tertiary/aromatic N) is 2. The summed E-state index contributed by atoms with van der Waals surface area (Å²) >= 11 is 0. The molecule has 1 amide bonds. The van der Waals surface area contributed by atoms with Gasteiger partial charge in [0.05, 0.1) is 45.9 Å². The van der Waals surface area contributed by atoms with Crippen molar-refractivity contribution in [2.75, 3.05) is 38.7 Å². The molecule has 4 aromatic rings. The lowest BCUT2D eigenvalue weighted by Gasteiger charge is -2.35. The molecule has 1 aliphatic heterocycles. The molecule has 6 rings (SSSR count). The Morgan fingerprint density at radius 3 is 2.20 bits per heavy atom. The van der Waals surface area contributed by atoms with Crippen LogP contribution >= 0.6 is 0 Å². The number of rotatable bonds is 7. The largest absolute Gasteiger partial charge is 0.497 e. The van der Waals surface area contributed by atoms with E-state index in [1.807, 2.05) is 60.7 Å². The highest BCUT2D eigenvalue weighted by atomic mass is 16.5. The van der Waals surface area contributed by atoms with E-state index in [1.54, 1.807) is 36.5 Å². The number of benzene rings is 3. The van der Waals surface area contributed by atoms with Crippen LogP contribution in [0.4, 0.5) is 11.4 Å². The van der Waals surface area contributed by atoms with Gasteiger partial charge in [0, 0.05) is 35.6 Å². The predicted molar refractivity (Wildman–Crippen MR) is 167 cm³/mol. The summed E-state index contributed by atoms with van der Waals surface area (Å²) in [6.45, 7) is 0. The van der Waals surface area contributed by atoms with Gasteiger partial charge in [-0.05, 0) is 65.9 Å². The molecule has 0 spiro atoms. The van der Waals surface area contributed by atoms with E-state index in [-0.39, 0.29) is 17.6 Å². The zero-order valence-electron chi connectivity index (χ0n) is 25.0. The minimum atomic E-state index is -0.745. The SMILES string of the molecule is COc1ccc(C2CC(=O)C3=C(C2)Nc2ccccc2N(C(=O)c2cc(OC)c(OC)c(OC)c2)C3c2cccnc2)cc1. The first-order valence-electron chi connectivity index (χ1n) is 14.3. The summed E-state index contributed by atoms with van der Waals surface area (Å²) in [6, 6.07) is 21.6. The number of aromatic nitrogens is 1. The molecule has 44 heavy (non-hydrogen) atoms. The topological polar surface area (TPSA) is 99.2 Å². The third kappa shape index (κ3) is 5.10. The van der Waals surface area contributed by atoms with E-state index in [0.717, 1.165) is 28.3 Å². The van der Waals surface area contributed by atoms with Crippen LogP contribution in [0.2, 0.25) is 0 Å². The van der Waals surface area contributed by atoms with Crippen molar-refractivity contribution in [1.29, 1.82) is 0 Å². The fourth-order valence-electron chi connectivity index (χ4n) is 6.12. The van der Waals surface area contributed by atoms with Crippen LogP contribution in [0.15, 0.2) is 96.5 Å². The Labute approximate surface area is 256 Å². The van der Waals surface area contributed by atoms with Gasteiger partial charge in [0.2, 0.25) is 5.75 Å². The third-order valence-electron chi connectivity index (χ3n) is 8.21. The van der Waals surface area contributed by atoms with Crippen LogP contribution in [0.5, 0.6) is 23.0 Å². The fourth-order valence-corrected chi connectivity index (χ4v) is 6.12. The molecular weight excluding hydrogens is 558 g/mol. The summed E-state index contributed by atoms with van der Waals surface area (Å²) in [5.41, 5.74) is 4.75. The molecule has 3 aromatic carbocycles. The van der Waals surface area contributed by atoms with Crippen molar-refractivity contribution in [3.63, 3.8) is 0 Å². The number of ketones is 1. The van der Waals surface area contributed by atoms with E-state index < -0.39 is 6.04 Å². The molecule has 1 N–H and O–H groups in total. The van der Waals surface area contributed by atoms with Gasteiger partial charge in [0.1, 0.15) is 5.75 Å². The highest BCUT2D eigenvalue weighted by Crippen LogP contribution is 2.48. The molecule has 2 atom stereocenters. The lowest BCUT2D eigenvalue weighted by molar-refractivity contribution is -0.116. The number of amides is 1. The average molecular weight is 592 g/mol. The third-order valence-corrected chi connectivity index (χ3v) is 8.21. The molecule has 1 aliphatic carbocycles. The molecule has 224 valence electrons. The smallest absolute Gasteiger partial charge is 0.259 e. The first-order chi connectivity index (χ1) is 21.5. The van der Waals surface area contributed by atoms with Crippen LogP contribution in [-0.2, 0) is 4.79 Å². The highest BCUT2D eigenvalue weighted by Gasteiger charge is 2.42. The zero-order valence-corrected chi connectivity index (χ0v) is 25.0. The number of pyridine rings is 1. The van der Waals surface area contributed by atoms with E-state index in [2.05, 4.69) is 10.3 Å². The monoisotopic (exact) mass is 591 g/mol. The molecule has 2 heterocycles. The second-order valence-electron chi connectivity index (χ2n) is 10.6. The van der Waals surface area contributed by atoms with Crippen LogP contribution in [-0.4, -0.2) is 45.1 Å². The molecule has 0 fully saturated rings. The van der Waals surface area contributed by atoms with Crippen molar-refractivity contribution in [3.05, 3.63) is 113 Å². The first kappa shape index (κ1) is 28.8. The average Bonchev–Trinajstić information content (AvgIpc) is 3.22.